The minimum Gasteiger partial charge on any atom is -0.338 e. The zero-order valence-corrected chi connectivity index (χ0v) is 17.4. The lowest BCUT2D eigenvalue weighted by molar-refractivity contribution is -0.0979. The van der Waals surface area contributed by atoms with Crippen molar-refractivity contribution in [2.45, 2.75) is 28.2 Å². The molecule has 1 aliphatic heterocycles. The molecule has 0 aromatic carbocycles. The molecule has 1 saturated heterocycles. The van der Waals surface area contributed by atoms with E-state index in [0.29, 0.717) is 5.95 Å². The lowest BCUT2D eigenvalue weighted by atomic mass is 10.2. The van der Waals surface area contributed by atoms with E-state index in [1.807, 2.05) is 38.2 Å². The van der Waals surface area contributed by atoms with E-state index >= 15 is 0 Å². The third kappa shape index (κ3) is 8.77. The van der Waals surface area contributed by atoms with E-state index in [1.165, 1.54) is 0 Å². The molecule has 0 bridgehead atoms. The molecule has 0 aliphatic carbocycles. The monoisotopic (exact) mass is 434 g/mol. The Morgan fingerprint density at radius 3 is 2.42 bits per heavy atom. The maximum absolute atomic E-state index is 8.00. The first-order valence-electron chi connectivity index (χ1n) is 9.69. The number of piperazine rings is 1. The first-order chi connectivity index (χ1) is 14.2. The number of pyridine rings is 1. The summed E-state index contributed by atoms with van der Waals surface area (Å²) in [5.41, 5.74) is 1.05. The first-order valence-corrected chi connectivity index (χ1v) is 9.69. The Labute approximate surface area is 190 Å². The van der Waals surface area contributed by atoms with Gasteiger partial charge < -0.3 is 25.2 Å². The SMILES string of the molecule is C.C.C=O.CCc1nc(Nc2ccc(/C=C/CNC)cn2)nc(N2CCN(C)CC2)n1.[HH].[HH]. The summed E-state index contributed by atoms with van der Waals surface area (Å²) in [4.78, 5) is 30.7. The van der Waals surface area contributed by atoms with E-state index in [0.717, 1.165) is 62.3 Å². The second kappa shape index (κ2) is 15.0. The van der Waals surface area contributed by atoms with E-state index in [1.54, 1.807) is 0 Å². The molecule has 0 atom stereocenters. The van der Waals surface area contributed by atoms with Crippen LogP contribution in [0.3, 0.4) is 0 Å². The van der Waals surface area contributed by atoms with Crippen LogP contribution in [-0.2, 0) is 11.2 Å². The number of likely N-dealkylation sites (N-methyl/N-ethyl adjacent to an activating group) is 2. The van der Waals surface area contributed by atoms with Crippen molar-refractivity contribution in [2.24, 2.45) is 0 Å². The van der Waals surface area contributed by atoms with Gasteiger partial charge in [0.25, 0.3) is 0 Å². The van der Waals surface area contributed by atoms with Crippen molar-refractivity contribution < 1.29 is 7.65 Å². The zero-order valence-electron chi connectivity index (χ0n) is 17.4. The van der Waals surface area contributed by atoms with Gasteiger partial charge in [0.2, 0.25) is 11.9 Å². The largest absolute Gasteiger partial charge is 0.338 e. The number of carbonyl (C=O) groups excluding carboxylic acids is 1. The van der Waals surface area contributed by atoms with Crippen LogP contribution in [0.2, 0.25) is 0 Å². The molecule has 9 nitrogen and oxygen atoms in total. The van der Waals surface area contributed by atoms with Crippen LogP contribution in [0.4, 0.5) is 17.7 Å². The minimum absolute atomic E-state index is 0. The molecule has 0 amide bonds. The van der Waals surface area contributed by atoms with Gasteiger partial charge >= 0.3 is 0 Å². The minimum atomic E-state index is 0. The number of carbonyl (C=O) groups is 1. The third-order valence-corrected chi connectivity index (χ3v) is 4.43. The average Bonchev–Trinajstić information content (AvgIpc) is 2.77. The number of hydrogen-bond donors (Lipinski definition) is 2. The van der Waals surface area contributed by atoms with Gasteiger partial charge in [0, 0.05) is 48.2 Å². The summed E-state index contributed by atoms with van der Waals surface area (Å²) in [6.45, 7) is 8.77. The van der Waals surface area contributed by atoms with E-state index in [2.05, 4.69) is 60.4 Å². The molecule has 2 N–H and O–H groups in total. The lowest BCUT2D eigenvalue weighted by Gasteiger charge is -2.32. The fourth-order valence-electron chi connectivity index (χ4n) is 2.77. The van der Waals surface area contributed by atoms with Gasteiger partial charge in [-0.3, -0.25) is 0 Å². The van der Waals surface area contributed by atoms with Gasteiger partial charge in [-0.1, -0.05) is 33.9 Å². The molecule has 9 heteroatoms. The van der Waals surface area contributed by atoms with E-state index < -0.39 is 0 Å². The fourth-order valence-corrected chi connectivity index (χ4v) is 2.77. The molecular weight excluding hydrogens is 392 g/mol. The maximum atomic E-state index is 8.00. The number of nitrogens with one attached hydrogen (secondary N) is 2. The second-order valence-electron chi connectivity index (χ2n) is 6.58. The molecule has 1 fully saturated rings. The number of nitrogens with zero attached hydrogens (tertiary/aromatic N) is 6. The summed E-state index contributed by atoms with van der Waals surface area (Å²) >= 11 is 0. The summed E-state index contributed by atoms with van der Waals surface area (Å²) < 4.78 is 0. The quantitative estimate of drug-likeness (QED) is 0.681. The number of hydrogen-bond acceptors (Lipinski definition) is 9. The molecule has 1 aliphatic rings. The van der Waals surface area contributed by atoms with Crippen molar-refractivity contribution in [3.8, 4) is 0 Å². The molecule has 0 unspecified atom stereocenters. The van der Waals surface area contributed by atoms with Crippen molar-refractivity contribution in [2.75, 3.05) is 57.0 Å². The number of aryl methyl sites for hydroxylation is 1. The van der Waals surface area contributed by atoms with Crippen LogP contribution in [-0.4, -0.2) is 78.4 Å². The van der Waals surface area contributed by atoms with Gasteiger partial charge in [-0.15, -0.1) is 0 Å². The van der Waals surface area contributed by atoms with Gasteiger partial charge in [-0.25, -0.2) is 4.98 Å². The Kier molecular flexibility index (Phi) is 13.6. The number of anilines is 3. The Bertz CT molecular complexity index is 784. The highest BCUT2D eigenvalue weighted by atomic mass is 16.1. The molecule has 0 radical (unpaired) electrons. The van der Waals surface area contributed by atoms with E-state index in [4.69, 9.17) is 4.79 Å². The number of aromatic nitrogens is 4. The predicted molar refractivity (Wildman–Crippen MR) is 134 cm³/mol. The van der Waals surface area contributed by atoms with Crippen molar-refractivity contribution >= 4 is 30.6 Å². The Hall–Kier alpha value is -2.91. The molecule has 0 spiro atoms. The highest BCUT2D eigenvalue weighted by molar-refractivity contribution is 5.54. The van der Waals surface area contributed by atoms with Crippen LogP contribution in [0.5, 0.6) is 0 Å². The van der Waals surface area contributed by atoms with Crippen molar-refractivity contribution in [1.82, 2.24) is 30.2 Å². The van der Waals surface area contributed by atoms with Crippen LogP contribution in [0.25, 0.3) is 6.08 Å². The van der Waals surface area contributed by atoms with Gasteiger partial charge in [0.05, 0.1) is 0 Å². The number of rotatable bonds is 7. The Morgan fingerprint density at radius 1 is 1.13 bits per heavy atom. The average molecular weight is 435 g/mol. The van der Waals surface area contributed by atoms with Crippen LogP contribution in [0.1, 0.15) is 36.0 Å². The smallest absolute Gasteiger partial charge is 0.233 e. The lowest BCUT2D eigenvalue weighted by Crippen LogP contribution is -2.45. The summed E-state index contributed by atoms with van der Waals surface area (Å²) in [5.74, 6) is 2.79. The van der Waals surface area contributed by atoms with E-state index in [-0.39, 0.29) is 17.7 Å². The topological polar surface area (TPSA) is 99.2 Å². The molecule has 2 aromatic heterocycles. The van der Waals surface area contributed by atoms with Gasteiger partial charge in [0.1, 0.15) is 18.4 Å². The second-order valence-corrected chi connectivity index (χ2v) is 6.58. The van der Waals surface area contributed by atoms with Gasteiger partial charge in [0.15, 0.2) is 0 Å². The zero-order chi connectivity index (χ0) is 21.1. The van der Waals surface area contributed by atoms with Gasteiger partial charge in [-0.2, -0.15) is 15.0 Å². The standard InChI is InChI=1S/C19H28N8.CH2O.2CH4.2H2/c1-4-16-22-18(25-19(24-16)27-12-10-26(3)11-13-27)23-17-8-7-15(14-21-17)6-5-9-20-2;1-2;;;;/h5-8,14,20H,4,9-13H2,1-3H3,(H,21,22,23,24,25);1H2;2*1H4;2*1H/b6-5+;;;;;. The van der Waals surface area contributed by atoms with Crippen molar-refractivity contribution in [1.29, 1.82) is 0 Å². The summed E-state index contributed by atoms with van der Waals surface area (Å²) in [6.07, 6.45) is 6.70. The maximum Gasteiger partial charge on any atom is 0.233 e. The third-order valence-electron chi connectivity index (χ3n) is 4.43. The summed E-state index contributed by atoms with van der Waals surface area (Å²) in [5, 5.41) is 6.29. The molecule has 3 rings (SSSR count). The molecule has 2 aromatic rings. The normalized spacial score (nSPS) is 13.6. The van der Waals surface area contributed by atoms with Crippen LogP contribution in [0, 0.1) is 0 Å². The highest BCUT2D eigenvalue weighted by Gasteiger charge is 2.18. The molecule has 3 heterocycles. The highest BCUT2D eigenvalue weighted by Crippen LogP contribution is 2.16. The van der Waals surface area contributed by atoms with Crippen LogP contribution < -0.4 is 15.5 Å². The van der Waals surface area contributed by atoms with Crippen LogP contribution in [0.15, 0.2) is 24.4 Å². The fraction of sp³-hybridized carbons (Fsp3) is 0.500. The van der Waals surface area contributed by atoms with Crippen molar-refractivity contribution in [3.63, 3.8) is 0 Å². The molecular formula is C22H42N8O. The van der Waals surface area contributed by atoms with Crippen LogP contribution >= 0.6 is 0 Å². The van der Waals surface area contributed by atoms with Crippen molar-refractivity contribution in [3.05, 3.63) is 35.8 Å². The summed E-state index contributed by atoms with van der Waals surface area (Å²) in [6, 6.07) is 3.95. The Balaban J connectivity index is -0.00000146. The van der Waals surface area contributed by atoms with E-state index in [9.17, 15) is 0 Å². The first kappa shape index (κ1) is 28.1. The van der Waals surface area contributed by atoms with Gasteiger partial charge in [-0.05, 0) is 31.8 Å². The molecule has 176 valence electrons. The Morgan fingerprint density at radius 2 is 1.84 bits per heavy atom. The predicted octanol–water partition coefficient (Wildman–Crippen LogP) is 3.14. The molecule has 31 heavy (non-hydrogen) atoms. The molecule has 0 saturated carbocycles. The summed E-state index contributed by atoms with van der Waals surface area (Å²) in [7, 11) is 4.06.